The molecule has 2 rings (SSSR count). The highest BCUT2D eigenvalue weighted by molar-refractivity contribution is 5.93. The average molecular weight is 519 g/mol. The van der Waals surface area contributed by atoms with Crippen LogP contribution in [0.25, 0.3) is 0 Å². The fourth-order valence-corrected chi connectivity index (χ4v) is 4.37. The van der Waals surface area contributed by atoms with Crippen molar-refractivity contribution >= 4 is 23.9 Å². The topological polar surface area (TPSA) is 145 Å². The standard InChI is InChI=1S/C27H42N4O6/c1-5-30(17-21(18(3)4)24(32)36-6-2)27(35)31-16-20-12-8-7-11-19(20)15-23(31)26(34)37-25(33)22(29)13-9-10-14-28/h7-8,11-12,18,21-23H,5-6,9-10,13-17,28-29H2,1-4H3/t21-,22+,23+/m1/s1. The molecule has 10 heteroatoms. The predicted octanol–water partition coefficient (Wildman–Crippen LogP) is 2.22. The van der Waals surface area contributed by atoms with Crippen molar-refractivity contribution < 1.29 is 28.7 Å². The number of nitrogens with zero attached hydrogens (tertiary/aromatic N) is 2. The molecule has 2 amide bonds. The zero-order valence-corrected chi connectivity index (χ0v) is 22.5. The lowest BCUT2D eigenvalue weighted by Crippen LogP contribution is -2.55. The highest BCUT2D eigenvalue weighted by atomic mass is 16.6. The zero-order chi connectivity index (χ0) is 27.5. The van der Waals surface area contributed by atoms with Gasteiger partial charge in [-0.15, -0.1) is 0 Å². The summed E-state index contributed by atoms with van der Waals surface area (Å²) < 4.78 is 10.4. The second kappa shape index (κ2) is 14.7. The summed E-state index contributed by atoms with van der Waals surface area (Å²) in [4.78, 5) is 55.0. The van der Waals surface area contributed by atoms with Crippen LogP contribution in [0, 0.1) is 11.8 Å². The monoisotopic (exact) mass is 518 g/mol. The van der Waals surface area contributed by atoms with Crippen LogP contribution >= 0.6 is 0 Å². The smallest absolute Gasteiger partial charge is 0.336 e. The number of esters is 3. The number of nitrogens with two attached hydrogens (primary N) is 2. The molecule has 1 aromatic carbocycles. The summed E-state index contributed by atoms with van der Waals surface area (Å²) >= 11 is 0. The van der Waals surface area contributed by atoms with E-state index in [0.29, 0.717) is 32.4 Å². The molecule has 1 heterocycles. The van der Waals surface area contributed by atoms with Crippen molar-refractivity contribution in [3.63, 3.8) is 0 Å². The van der Waals surface area contributed by atoms with Gasteiger partial charge in [0.1, 0.15) is 12.1 Å². The van der Waals surface area contributed by atoms with E-state index in [0.717, 1.165) is 11.1 Å². The molecule has 0 unspecified atom stereocenters. The summed E-state index contributed by atoms with van der Waals surface area (Å²) in [6.07, 6.45) is 1.92. The Labute approximate surface area is 219 Å². The number of urea groups is 1. The van der Waals surface area contributed by atoms with Crippen LogP contribution < -0.4 is 11.5 Å². The summed E-state index contributed by atoms with van der Waals surface area (Å²) in [5, 5.41) is 0. The van der Waals surface area contributed by atoms with Crippen LogP contribution in [-0.4, -0.2) is 72.1 Å². The Morgan fingerprint density at radius 2 is 1.76 bits per heavy atom. The van der Waals surface area contributed by atoms with E-state index in [1.807, 2.05) is 45.0 Å². The first-order chi connectivity index (χ1) is 17.6. The van der Waals surface area contributed by atoms with Crippen LogP contribution in [0.4, 0.5) is 4.79 Å². The van der Waals surface area contributed by atoms with E-state index in [1.54, 1.807) is 6.92 Å². The van der Waals surface area contributed by atoms with Crippen molar-refractivity contribution in [2.45, 2.75) is 72.0 Å². The van der Waals surface area contributed by atoms with Crippen LogP contribution in [-0.2, 0) is 36.8 Å². The van der Waals surface area contributed by atoms with E-state index >= 15 is 0 Å². The maximum absolute atomic E-state index is 13.8. The third-order valence-electron chi connectivity index (χ3n) is 6.70. The molecule has 0 bridgehead atoms. The Balaban J connectivity index is 2.26. The van der Waals surface area contributed by atoms with Crippen molar-refractivity contribution in [2.24, 2.45) is 23.3 Å². The molecule has 1 aliphatic heterocycles. The number of carbonyl (C=O) groups is 4. The van der Waals surface area contributed by atoms with Crippen LogP contribution in [0.1, 0.15) is 58.1 Å². The summed E-state index contributed by atoms with van der Waals surface area (Å²) in [7, 11) is 0. The van der Waals surface area contributed by atoms with Gasteiger partial charge in [-0.05, 0) is 50.3 Å². The molecular weight excluding hydrogens is 476 g/mol. The Kier molecular flexibility index (Phi) is 12.0. The molecule has 206 valence electrons. The van der Waals surface area contributed by atoms with Gasteiger partial charge in [0.15, 0.2) is 0 Å². The number of fused-ring (bicyclic) bond motifs is 1. The van der Waals surface area contributed by atoms with Gasteiger partial charge in [0.2, 0.25) is 0 Å². The first kappa shape index (κ1) is 30.2. The highest BCUT2D eigenvalue weighted by Gasteiger charge is 2.40. The number of rotatable bonds is 12. The summed E-state index contributed by atoms with van der Waals surface area (Å²) in [5.74, 6) is -2.56. The summed E-state index contributed by atoms with van der Waals surface area (Å²) in [6, 6.07) is 5.18. The molecule has 0 radical (unpaired) electrons. The Morgan fingerprint density at radius 1 is 1.08 bits per heavy atom. The van der Waals surface area contributed by atoms with Gasteiger partial charge < -0.3 is 30.7 Å². The minimum Gasteiger partial charge on any atom is -0.466 e. The molecule has 0 saturated heterocycles. The number of hydrogen-bond donors (Lipinski definition) is 2. The molecular formula is C27H42N4O6. The minimum atomic E-state index is -1.00. The van der Waals surface area contributed by atoms with Gasteiger partial charge in [-0.3, -0.25) is 4.79 Å². The number of unbranched alkanes of at least 4 members (excludes halogenated alkanes) is 1. The molecule has 0 spiro atoms. The number of amides is 2. The number of hydrogen-bond acceptors (Lipinski definition) is 8. The first-order valence-electron chi connectivity index (χ1n) is 13.1. The lowest BCUT2D eigenvalue weighted by molar-refractivity contribution is -0.164. The lowest BCUT2D eigenvalue weighted by atomic mass is 9.93. The van der Waals surface area contributed by atoms with Gasteiger partial charge in [-0.2, -0.15) is 0 Å². The number of ether oxygens (including phenoxy) is 2. The fourth-order valence-electron chi connectivity index (χ4n) is 4.37. The van der Waals surface area contributed by atoms with Gasteiger partial charge >= 0.3 is 23.9 Å². The molecule has 0 fully saturated rings. The van der Waals surface area contributed by atoms with E-state index < -0.39 is 36.0 Å². The SMILES string of the molecule is CCOC(=O)[C@H](CN(CC)C(=O)N1Cc2ccccc2C[C@H]1C(=O)OC(=O)[C@@H](N)CCCCN)C(C)C. The van der Waals surface area contributed by atoms with Crippen molar-refractivity contribution in [2.75, 3.05) is 26.2 Å². The molecule has 1 aliphatic rings. The van der Waals surface area contributed by atoms with E-state index in [4.69, 9.17) is 20.9 Å². The quantitative estimate of drug-likeness (QED) is 0.243. The predicted molar refractivity (Wildman–Crippen MR) is 139 cm³/mol. The third kappa shape index (κ3) is 8.26. The molecule has 0 aliphatic carbocycles. The lowest BCUT2D eigenvalue weighted by Gasteiger charge is -2.39. The maximum atomic E-state index is 13.8. The molecule has 0 saturated carbocycles. The molecule has 1 aromatic rings. The second-order valence-electron chi connectivity index (χ2n) is 9.67. The van der Waals surface area contributed by atoms with E-state index in [9.17, 15) is 19.2 Å². The summed E-state index contributed by atoms with van der Waals surface area (Å²) in [6.45, 7) is 8.75. The molecule has 37 heavy (non-hydrogen) atoms. The zero-order valence-electron chi connectivity index (χ0n) is 22.5. The van der Waals surface area contributed by atoms with Gasteiger partial charge in [-0.1, -0.05) is 44.5 Å². The van der Waals surface area contributed by atoms with Gasteiger partial charge in [0, 0.05) is 26.1 Å². The van der Waals surface area contributed by atoms with Crippen molar-refractivity contribution in [3.05, 3.63) is 35.4 Å². The maximum Gasteiger partial charge on any atom is 0.336 e. The molecule has 10 nitrogen and oxygen atoms in total. The number of benzene rings is 1. The minimum absolute atomic E-state index is 0.0536. The van der Waals surface area contributed by atoms with E-state index in [2.05, 4.69) is 0 Å². The van der Waals surface area contributed by atoms with Crippen LogP contribution in [0.2, 0.25) is 0 Å². The average Bonchev–Trinajstić information content (AvgIpc) is 2.88. The van der Waals surface area contributed by atoms with Crippen LogP contribution in [0.5, 0.6) is 0 Å². The van der Waals surface area contributed by atoms with Crippen molar-refractivity contribution in [1.29, 1.82) is 0 Å². The number of carbonyl (C=O) groups excluding carboxylic acids is 4. The normalized spacial score (nSPS) is 16.5. The van der Waals surface area contributed by atoms with Crippen molar-refractivity contribution in [1.82, 2.24) is 9.80 Å². The van der Waals surface area contributed by atoms with Gasteiger partial charge in [0.25, 0.3) is 0 Å². The highest BCUT2D eigenvalue weighted by Crippen LogP contribution is 2.26. The Morgan fingerprint density at radius 3 is 2.35 bits per heavy atom. The molecule has 3 atom stereocenters. The second-order valence-corrected chi connectivity index (χ2v) is 9.67. The Hall–Kier alpha value is -2.98. The largest absolute Gasteiger partial charge is 0.466 e. The van der Waals surface area contributed by atoms with E-state index in [1.165, 1.54) is 9.80 Å². The fraction of sp³-hybridized carbons (Fsp3) is 0.630. The van der Waals surface area contributed by atoms with E-state index in [-0.39, 0.29) is 38.0 Å². The summed E-state index contributed by atoms with van der Waals surface area (Å²) in [5.41, 5.74) is 13.2. The van der Waals surface area contributed by atoms with Gasteiger partial charge in [0.05, 0.1) is 12.5 Å². The molecule has 0 aromatic heterocycles. The van der Waals surface area contributed by atoms with Crippen molar-refractivity contribution in [3.8, 4) is 0 Å². The van der Waals surface area contributed by atoms with Crippen LogP contribution in [0.15, 0.2) is 24.3 Å². The molecule has 4 N–H and O–H groups in total. The first-order valence-corrected chi connectivity index (χ1v) is 13.1. The third-order valence-corrected chi connectivity index (χ3v) is 6.70. The Bertz CT molecular complexity index is 937. The van der Waals surface area contributed by atoms with Crippen LogP contribution in [0.3, 0.4) is 0 Å². The van der Waals surface area contributed by atoms with Gasteiger partial charge in [-0.25, -0.2) is 14.4 Å².